The van der Waals surface area contributed by atoms with E-state index in [-0.39, 0.29) is 11.9 Å². The molecule has 1 heterocycles. The number of nitrogens with zero attached hydrogens (tertiary/aromatic N) is 2. The lowest BCUT2D eigenvalue weighted by Crippen LogP contribution is -2.31. The fourth-order valence-corrected chi connectivity index (χ4v) is 2.81. The van der Waals surface area contributed by atoms with E-state index >= 15 is 0 Å². The van der Waals surface area contributed by atoms with Crippen LogP contribution in [0.25, 0.3) is 0 Å². The molecule has 1 aliphatic carbocycles. The second kappa shape index (κ2) is 6.59. The lowest BCUT2D eigenvalue weighted by molar-refractivity contribution is 0.0855. The number of aryl methyl sites for hydroxylation is 1. The van der Waals surface area contributed by atoms with E-state index < -0.39 is 0 Å². The molecule has 0 bridgehead atoms. The van der Waals surface area contributed by atoms with Crippen LogP contribution in [-0.2, 0) is 0 Å². The van der Waals surface area contributed by atoms with E-state index in [0.717, 1.165) is 18.5 Å². The van der Waals surface area contributed by atoms with Gasteiger partial charge in [-0.25, -0.2) is 4.98 Å². The van der Waals surface area contributed by atoms with Crippen molar-refractivity contribution in [3.05, 3.63) is 23.4 Å². The summed E-state index contributed by atoms with van der Waals surface area (Å²) < 4.78 is 6.11. The van der Waals surface area contributed by atoms with E-state index in [4.69, 9.17) is 15.7 Å². The molecular weight excluding hydrogens is 254 g/mol. The van der Waals surface area contributed by atoms with Gasteiger partial charge in [0, 0.05) is 5.69 Å². The molecule has 1 fully saturated rings. The Hall–Kier alpha value is -1.78. The third-order valence-corrected chi connectivity index (χ3v) is 4.01. The van der Waals surface area contributed by atoms with Gasteiger partial charge in [0.2, 0.25) is 5.88 Å². The standard InChI is InChI=1S/C15H23N3O2/c1-3-11-6-4-5-7-13(11)20-15-12(14(16)18-19)9-8-10(2)17-15/h8-9,11,13,19H,3-7H2,1-2H3,(H2,16,18). The summed E-state index contributed by atoms with van der Waals surface area (Å²) >= 11 is 0. The summed E-state index contributed by atoms with van der Waals surface area (Å²) in [6.45, 7) is 4.10. The van der Waals surface area contributed by atoms with Gasteiger partial charge in [-0.2, -0.15) is 0 Å². The van der Waals surface area contributed by atoms with Crippen molar-refractivity contribution in [3.8, 4) is 5.88 Å². The van der Waals surface area contributed by atoms with Crippen molar-refractivity contribution >= 4 is 5.84 Å². The van der Waals surface area contributed by atoms with Crippen LogP contribution in [0.4, 0.5) is 0 Å². The second-order valence-corrected chi connectivity index (χ2v) is 5.40. The molecule has 20 heavy (non-hydrogen) atoms. The lowest BCUT2D eigenvalue weighted by atomic mass is 9.85. The van der Waals surface area contributed by atoms with Crippen LogP contribution >= 0.6 is 0 Å². The molecular formula is C15H23N3O2. The van der Waals surface area contributed by atoms with E-state index in [1.165, 1.54) is 19.3 Å². The minimum absolute atomic E-state index is 0.0383. The number of pyridine rings is 1. The summed E-state index contributed by atoms with van der Waals surface area (Å²) in [5, 5.41) is 11.9. The Bertz CT molecular complexity index is 488. The smallest absolute Gasteiger partial charge is 0.225 e. The summed E-state index contributed by atoms with van der Waals surface area (Å²) in [5.41, 5.74) is 7.11. The normalized spacial score (nSPS) is 23.6. The largest absolute Gasteiger partial charge is 0.474 e. The summed E-state index contributed by atoms with van der Waals surface area (Å²) in [6, 6.07) is 3.62. The molecule has 0 amide bonds. The zero-order chi connectivity index (χ0) is 14.5. The van der Waals surface area contributed by atoms with Gasteiger partial charge in [-0.1, -0.05) is 18.5 Å². The number of aromatic nitrogens is 1. The fraction of sp³-hybridized carbons (Fsp3) is 0.600. The summed E-state index contributed by atoms with van der Waals surface area (Å²) in [4.78, 5) is 4.41. The highest BCUT2D eigenvalue weighted by atomic mass is 16.5. The van der Waals surface area contributed by atoms with Crippen LogP contribution in [0.1, 0.15) is 50.3 Å². The van der Waals surface area contributed by atoms with E-state index in [1.54, 1.807) is 6.07 Å². The van der Waals surface area contributed by atoms with E-state index in [0.29, 0.717) is 17.4 Å². The number of ether oxygens (including phenoxy) is 1. The topological polar surface area (TPSA) is 80.7 Å². The van der Waals surface area contributed by atoms with Gasteiger partial charge in [0.25, 0.3) is 0 Å². The Morgan fingerprint density at radius 2 is 2.20 bits per heavy atom. The average molecular weight is 277 g/mol. The molecule has 5 heteroatoms. The predicted octanol–water partition coefficient (Wildman–Crippen LogP) is 2.83. The molecule has 110 valence electrons. The molecule has 0 spiro atoms. The van der Waals surface area contributed by atoms with E-state index in [9.17, 15) is 0 Å². The van der Waals surface area contributed by atoms with Gasteiger partial charge in [0.1, 0.15) is 6.10 Å². The van der Waals surface area contributed by atoms with Crippen molar-refractivity contribution in [3.63, 3.8) is 0 Å². The van der Waals surface area contributed by atoms with Crippen LogP contribution in [-0.4, -0.2) is 22.1 Å². The van der Waals surface area contributed by atoms with Crippen molar-refractivity contribution < 1.29 is 9.94 Å². The van der Waals surface area contributed by atoms with Crippen LogP contribution in [0.15, 0.2) is 17.3 Å². The third kappa shape index (κ3) is 3.21. The summed E-state index contributed by atoms with van der Waals surface area (Å²) in [6.07, 6.45) is 5.98. The number of oxime groups is 1. The molecule has 1 aromatic heterocycles. The van der Waals surface area contributed by atoms with Crippen molar-refractivity contribution in [2.45, 2.75) is 52.1 Å². The molecule has 0 radical (unpaired) electrons. The molecule has 1 aromatic rings. The first-order valence-corrected chi connectivity index (χ1v) is 7.28. The van der Waals surface area contributed by atoms with Gasteiger partial charge < -0.3 is 15.7 Å². The number of nitrogens with two attached hydrogens (primary N) is 1. The zero-order valence-electron chi connectivity index (χ0n) is 12.2. The molecule has 3 N–H and O–H groups in total. The Balaban J connectivity index is 2.25. The monoisotopic (exact) mass is 277 g/mol. The van der Waals surface area contributed by atoms with Crippen molar-refractivity contribution in [1.29, 1.82) is 0 Å². The SMILES string of the molecule is CCC1CCCCC1Oc1nc(C)ccc1C(N)=NO. The molecule has 0 aromatic carbocycles. The van der Waals surface area contributed by atoms with Crippen LogP contribution in [0.3, 0.4) is 0 Å². The third-order valence-electron chi connectivity index (χ3n) is 4.01. The van der Waals surface area contributed by atoms with Gasteiger partial charge in [0.15, 0.2) is 5.84 Å². The number of hydrogen-bond acceptors (Lipinski definition) is 4. The predicted molar refractivity (Wildman–Crippen MR) is 78.1 cm³/mol. The molecule has 1 aliphatic rings. The first-order chi connectivity index (χ1) is 9.65. The number of rotatable bonds is 4. The Kier molecular flexibility index (Phi) is 4.82. The lowest BCUT2D eigenvalue weighted by Gasteiger charge is -2.31. The maximum absolute atomic E-state index is 8.87. The fourth-order valence-electron chi connectivity index (χ4n) is 2.81. The van der Waals surface area contributed by atoms with Gasteiger partial charge in [-0.15, -0.1) is 0 Å². The maximum atomic E-state index is 8.87. The zero-order valence-corrected chi connectivity index (χ0v) is 12.2. The summed E-state index contributed by atoms with van der Waals surface area (Å²) in [5.74, 6) is 1.08. The quantitative estimate of drug-likeness (QED) is 0.384. The van der Waals surface area contributed by atoms with Crippen molar-refractivity contribution in [1.82, 2.24) is 4.98 Å². The minimum Gasteiger partial charge on any atom is -0.474 e. The first kappa shape index (κ1) is 14.6. The van der Waals surface area contributed by atoms with Gasteiger partial charge in [-0.05, 0) is 50.7 Å². The maximum Gasteiger partial charge on any atom is 0.225 e. The Labute approximate surface area is 119 Å². The molecule has 2 atom stereocenters. The molecule has 0 aliphatic heterocycles. The minimum atomic E-state index is 0.0383. The molecule has 5 nitrogen and oxygen atoms in total. The van der Waals surface area contributed by atoms with Gasteiger partial charge in [-0.3, -0.25) is 0 Å². The highest BCUT2D eigenvalue weighted by Gasteiger charge is 2.26. The highest BCUT2D eigenvalue weighted by molar-refractivity contribution is 5.99. The van der Waals surface area contributed by atoms with Crippen molar-refractivity contribution in [2.75, 3.05) is 0 Å². The van der Waals surface area contributed by atoms with Crippen LogP contribution < -0.4 is 10.5 Å². The Morgan fingerprint density at radius 3 is 2.90 bits per heavy atom. The van der Waals surface area contributed by atoms with E-state index in [2.05, 4.69) is 17.1 Å². The van der Waals surface area contributed by atoms with Gasteiger partial charge in [0.05, 0.1) is 5.56 Å². The molecule has 0 saturated heterocycles. The van der Waals surface area contributed by atoms with E-state index in [1.807, 2.05) is 13.0 Å². The van der Waals surface area contributed by atoms with Crippen LogP contribution in [0, 0.1) is 12.8 Å². The number of hydrogen-bond donors (Lipinski definition) is 2. The average Bonchev–Trinajstić information content (AvgIpc) is 2.47. The summed E-state index contributed by atoms with van der Waals surface area (Å²) in [7, 11) is 0. The molecule has 2 rings (SSSR count). The molecule has 2 unspecified atom stereocenters. The second-order valence-electron chi connectivity index (χ2n) is 5.40. The van der Waals surface area contributed by atoms with Crippen LogP contribution in [0.5, 0.6) is 5.88 Å². The highest BCUT2D eigenvalue weighted by Crippen LogP contribution is 2.31. The van der Waals surface area contributed by atoms with Gasteiger partial charge >= 0.3 is 0 Å². The first-order valence-electron chi connectivity index (χ1n) is 7.28. The Morgan fingerprint density at radius 1 is 1.45 bits per heavy atom. The van der Waals surface area contributed by atoms with Crippen molar-refractivity contribution in [2.24, 2.45) is 16.8 Å². The molecule has 1 saturated carbocycles. The number of amidine groups is 1. The van der Waals surface area contributed by atoms with Crippen LogP contribution in [0.2, 0.25) is 0 Å².